The Morgan fingerprint density at radius 3 is 2.50 bits per heavy atom. The molecule has 1 saturated heterocycles. The molecule has 8 heteroatoms. The lowest BCUT2D eigenvalue weighted by molar-refractivity contribution is -0.152. The number of nitrogens with zero attached hydrogens (tertiary/aromatic N) is 1. The zero-order valence-corrected chi connectivity index (χ0v) is 11.6. The lowest BCUT2D eigenvalue weighted by atomic mass is 9.78. The Hall–Kier alpha value is -1.99. The molecular formula is C12H22N4O4. The summed E-state index contributed by atoms with van der Waals surface area (Å²) in [7, 11) is 0. The van der Waals surface area contributed by atoms with Crippen molar-refractivity contribution in [1.29, 1.82) is 0 Å². The first-order valence-corrected chi connectivity index (χ1v) is 6.71. The fourth-order valence-corrected chi connectivity index (χ4v) is 2.39. The van der Waals surface area contributed by atoms with Gasteiger partial charge < -0.3 is 26.4 Å². The molecule has 0 spiro atoms. The van der Waals surface area contributed by atoms with Crippen LogP contribution in [-0.4, -0.2) is 54.2 Å². The maximum atomic E-state index is 11.9. The number of carboxylic acids is 1. The molecule has 0 aromatic rings. The molecule has 114 valence electrons. The summed E-state index contributed by atoms with van der Waals surface area (Å²) in [5.41, 5.74) is 4.05. The molecule has 1 aliphatic heterocycles. The van der Waals surface area contributed by atoms with E-state index in [0.29, 0.717) is 25.8 Å². The van der Waals surface area contributed by atoms with Gasteiger partial charge in [-0.3, -0.25) is 4.79 Å². The number of nitrogens with one attached hydrogen (secondary N) is 2. The third-order valence-electron chi connectivity index (χ3n) is 3.70. The van der Waals surface area contributed by atoms with E-state index in [4.69, 9.17) is 5.73 Å². The second-order valence-corrected chi connectivity index (χ2v) is 4.99. The van der Waals surface area contributed by atoms with E-state index in [0.717, 1.165) is 0 Å². The van der Waals surface area contributed by atoms with E-state index in [1.807, 2.05) is 6.92 Å². The van der Waals surface area contributed by atoms with Gasteiger partial charge in [0.05, 0.1) is 5.41 Å². The summed E-state index contributed by atoms with van der Waals surface area (Å²) in [6.07, 6.45) is 1.76. The van der Waals surface area contributed by atoms with Crippen LogP contribution in [0.15, 0.2) is 0 Å². The highest BCUT2D eigenvalue weighted by atomic mass is 16.4. The van der Waals surface area contributed by atoms with Gasteiger partial charge >= 0.3 is 18.0 Å². The van der Waals surface area contributed by atoms with Gasteiger partial charge in [0, 0.05) is 26.2 Å². The van der Waals surface area contributed by atoms with E-state index in [9.17, 15) is 19.5 Å². The first kappa shape index (κ1) is 16.1. The minimum atomic E-state index is -0.854. The summed E-state index contributed by atoms with van der Waals surface area (Å²) in [5.74, 6) is -0.854. The molecular weight excluding hydrogens is 264 g/mol. The van der Waals surface area contributed by atoms with Gasteiger partial charge in [-0.25, -0.2) is 9.59 Å². The van der Waals surface area contributed by atoms with Crippen LogP contribution in [0.2, 0.25) is 0 Å². The molecule has 1 heterocycles. The number of aliphatic carboxylic acids is 1. The van der Waals surface area contributed by atoms with Crippen molar-refractivity contribution in [2.24, 2.45) is 11.1 Å². The molecule has 0 aromatic heterocycles. The number of hydrogen-bond donors (Lipinski definition) is 4. The largest absolute Gasteiger partial charge is 0.481 e. The molecule has 0 bridgehead atoms. The number of nitrogens with two attached hydrogens (primary N) is 1. The average Bonchev–Trinajstić information content (AvgIpc) is 2.42. The van der Waals surface area contributed by atoms with Crippen LogP contribution in [0, 0.1) is 5.41 Å². The zero-order chi connectivity index (χ0) is 15.2. The Morgan fingerprint density at radius 1 is 1.30 bits per heavy atom. The molecule has 0 saturated carbocycles. The molecule has 8 nitrogen and oxygen atoms in total. The number of likely N-dealkylation sites (tertiary alicyclic amines) is 1. The number of primary amides is 1. The Labute approximate surface area is 117 Å². The maximum Gasteiger partial charge on any atom is 0.317 e. The van der Waals surface area contributed by atoms with Crippen molar-refractivity contribution in [3.8, 4) is 0 Å². The molecule has 1 rings (SSSR count). The van der Waals surface area contributed by atoms with E-state index in [1.54, 1.807) is 0 Å². The highest BCUT2D eigenvalue weighted by Gasteiger charge is 2.42. The third kappa shape index (κ3) is 4.01. The number of rotatable bonds is 5. The lowest BCUT2D eigenvalue weighted by Gasteiger charge is -2.39. The SMILES string of the molecule is CCC1(C(=O)O)CCCN(C(=O)NCCNC(N)=O)C1. The van der Waals surface area contributed by atoms with Gasteiger partial charge in [-0.15, -0.1) is 0 Å². The average molecular weight is 286 g/mol. The van der Waals surface area contributed by atoms with Gasteiger partial charge in [0.15, 0.2) is 0 Å². The van der Waals surface area contributed by atoms with Crippen molar-refractivity contribution in [3.05, 3.63) is 0 Å². The molecule has 20 heavy (non-hydrogen) atoms. The summed E-state index contributed by atoms with van der Waals surface area (Å²) >= 11 is 0. The highest BCUT2D eigenvalue weighted by molar-refractivity contribution is 5.78. The molecule has 1 unspecified atom stereocenters. The van der Waals surface area contributed by atoms with Gasteiger partial charge in [-0.05, 0) is 19.3 Å². The third-order valence-corrected chi connectivity index (χ3v) is 3.70. The topological polar surface area (TPSA) is 125 Å². The lowest BCUT2D eigenvalue weighted by Crippen LogP contribution is -2.53. The Balaban J connectivity index is 2.48. The van der Waals surface area contributed by atoms with E-state index >= 15 is 0 Å². The second kappa shape index (κ2) is 6.97. The van der Waals surface area contributed by atoms with E-state index in [2.05, 4.69) is 10.6 Å². The highest BCUT2D eigenvalue weighted by Crippen LogP contribution is 2.33. The number of urea groups is 2. The summed E-state index contributed by atoms with van der Waals surface area (Å²) < 4.78 is 0. The van der Waals surface area contributed by atoms with Gasteiger partial charge in [0.25, 0.3) is 0 Å². The van der Waals surface area contributed by atoms with Crippen LogP contribution >= 0.6 is 0 Å². The van der Waals surface area contributed by atoms with Crippen molar-refractivity contribution in [3.63, 3.8) is 0 Å². The van der Waals surface area contributed by atoms with Crippen molar-refractivity contribution in [2.75, 3.05) is 26.2 Å². The van der Waals surface area contributed by atoms with Gasteiger partial charge in [0.1, 0.15) is 0 Å². The van der Waals surface area contributed by atoms with Crippen LogP contribution in [0.25, 0.3) is 0 Å². The molecule has 0 aliphatic carbocycles. The summed E-state index contributed by atoms with van der Waals surface area (Å²) in [6.45, 7) is 3.08. The summed E-state index contributed by atoms with van der Waals surface area (Å²) in [4.78, 5) is 35.3. The zero-order valence-electron chi connectivity index (χ0n) is 11.6. The van der Waals surface area contributed by atoms with Crippen LogP contribution in [-0.2, 0) is 4.79 Å². The van der Waals surface area contributed by atoms with Crippen LogP contribution < -0.4 is 16.4 Å². The smallest absolute Gasteiger partial charge is 0.317 e. The van der Waals surface area contributed by atoms with E-state index in [1.165, 1.54) is 4.90 Å². The Morgan fingerprint density at radius 2 is 1.95 bits per heavy atom. The van der Waals surface area contributed by atoms with Gasteiger partial charge in [-0.1, -0.05) is 6.92 Å². The van der Waals surface area contributed by atoms with Gasteiger partial charge in [-0.2, -0.15) is 0 Å². The van der Waals surface area contributed by atoms with Crippen LogP contribution in [0.1, 0.15) is 26.2 Å². The fraction of sp³-hybridized carbons (Fsp3) is 0.750. The normalized spacial score (nSPS) is 22.1. The summed E-state index contributed by atoms with van der Waals surface area (Å²) in [5, 5.41) is 14.3. The quantitative estimate of drug-likeness (QED) is 0.528. The molecule has 1 atom stereocenters. The number of amides is 4. The number of hydrogen-bond acceptors (Lipinski definition) is 3. The monoisotopic (exact) mass is 286 g/mol. The maximum absolute atomic E-state index is 11.9. The van der Waals surface area contributed by atoms with E-state index in [-0.39, 0.29) is 25.7 Å². The molecule has 1 aliphatic rings. The Kier molecular flexibility index (Phi) is 5.60. The second-order valence-electron chi connectivity index (χ2n) is 4.99. The van der Waals surface area contributed by atoms with Crippen LogP contribution in [0.4, 0.5) is 9.59 Å². The number of carbonyl (C=O) groups is 3. The predicted molar refractivity (Wildman–Crippen MR) is 72.2 cm³/mol. The van der Waals surface area contributed by atoms with Crippen molar-refractivity contribution < 1.29 is 19.5 Å². The number of piperidine rings is 1. The van der Waals surface area contributed by atoms with Gasteiger partial charge in [0.2, 0.25) is 0 Å². The minimum Gasteiger partial charge on any atom is -0.481 e. The molecule has 0 aromatic carbocycles. The first-order chi connectivity index (χ1) is 9.41. The fourth-order valence-electron chi connectivity index (χ4n) is 2.39. The van der Waals surface area contributed by atoms with Crippen molar-refractivity contribution in [2.45, 2.75) is 26.2 Å². The minimum absolute atomic E-state index is 0.216. The number of carboxylic acid groups (broad SMARTS) is 1. The van der Waals surface area contributed by atoms with Crippen LogP contribution in [0.5, 0.6) is 0 Å². The number of carbonyl (C=O) groups excluding carboxylic acids is 2. The molecule has 4 amide bonds. The van der Waals surface area contributed by atoms with Crippen molar-refractivity contribution in [1.82, 2.24) is 15.5 Å². The molecule has 0 radical (unpaired) electrons. The van der Waals surface area contributed by atoms with Crippen molar-refractivity contribution >= 4 is 18.0 Å². The standard InChI is InChI=1S/C12H22N4O4/c1-2-12(9(17)18)4-3-7-16(8-12)11(20)15-6-5-14-10(13)19/h2-8H2,1H3,(H,15,20)(H,17,18)(H3,13,14,19). The molecule has 1 fully saturated rings. The Bertz CT molecular complexity index is 388. The first-order valence-electron chi connectivity index (χ1n) is 6.71. The van der Waals surface area contributed by atoms with Crippen LogP contribution in [0.3, 0.4) is 0 Å². The summed E-state index contributed by atoms with van der Waals surface area (Å²) in [6, 6.07) is -0.955. The molecule has 5 N–H and O–H groups in total. The van der Waals surface area contributed by atoms with E-state index < -0.39 is 17.4 Å². The predicted octanol–water partition coefficient (Wildman–Crippen LogP) is -0.0589.